The number of pyridine rings is 1. The first-order chi connectivity index (χ1) is 6.57. The van der Waals surface area contributed by atoms with E-state index >= 15 is 0 Å². The molecule has 0 N–H and O–H groups in total. The SMILES string of the molecule is BrC(Br)(Br)c1cc[14c]2[14cH][14cH][14cH][14cH][14c]2n1. The summed E-state index contributed by atoms with van der Waals surface area (Å²) in [6, 6.07) is 12.1. The molecule has 72 valence electrons. The van der Waals surface area contributed by atoms with Gasteiger partial charge in [0.1, 0.15) is 0 Å². The number of rotatable bonds is 0. The maximum Gasteiger partial charge on any atom is 0.176 e. The minimum Gasteiger partial charge on any atom is -0.249 e. The van der Waals surface area contributed by atoms with Crippen LogP contribution >= 0.6 is 47.8 Å². The maximum atomic E-state index is 4.51. The van der Waals surface area contributed by atoms with Crippen LogP contribution in [0.1, 0.15) is 5.69 Å². The molecule has 1 heterocycles. The van der Waals surface area contributed by atoms with Crippen molar-refractivity contribution in [3.05, 3.63) is 42.1 Å². The largest absolute Gasteiger partial charge is 0.249 e. The predicted octanol–water partition coefficient (Wildman–Crippen LogP) is 4.53. The summed E-state index contributed by atoms with van der Waals surface area (Å²) in [4.78, 5) is 4.51. The van der Waals surface area contributed by atoms with E-state index in [2.05, 4.69) is 58.8 Å². The Balaban J connectivity index is 2.63. The van der Waals surface area contributed by atoms with Crippen LogP contribution < -0.4 is 0 Å². The van der Waals surface area contributed by atoms with E-state index in [4.69, 9.17) is 0 Å². The smallest absolute Gasteiger partial charge is 0.176 e. The minimum absolute atomic E-state index is 0.434. The molecule has 1 aromatic carbocycles. The summed E-state index contributed by atoms with van der Waals surface area (Å²) in [7, 11) is 0. The topological polar surface area (TPSA) is 12.9 Å². The molecular formula is C10H6Br3N. The molecule has 4 heteroatoms. The highest BCUT2D eigenvalue weighted by Gasteiger charge is 2.22. The average molecular weight is 392 g/mol. The van der Waals surface area contributed by atoms with Gasteiger partial charge in [0.05, 0.1) is 11.2 Å². The number of nitrogens with zero attached hydrogens (tertiary/aromatic N) is 1. The fourth-order valence-corrected chi connectivity index (χ4v) is 1.89. The van der Waals surface area contributed by atoms with Crippen LogP contribution in [0.3, 0.4) is 0 Å². The third-order valence-corrected chi connectivity index (χ3v) is 3.11. The zero-order valence-corrected chi connectivity index (χ0v) is 11.8. The monoisotopic (exact) mass is 389 g/mol. The van der Waals surface area contributed by atoms with Gasteiger partial charge in [-0.15, -0.1) is 0 Å². The molecule has 0 radical (unpaired) electrons. The second kappa shape index (κ2) is 3.91. The lowest BCUT2D eigenvalue weighted by Crippen LogP contribution is -2.00. The van der Waals surface area contributed by atoms with Crippen molar-refractivity contribution in [3.63, 3.8) is 0 Å². The van der Waals surface area contributed by atoms with Gasteiger partial charge in [-0.05, 0) is 12.1 Å². The molecule has 2 aromatic rings. The number of aromatic nitrogens is 1. The minimum atomic E-state index is -0.434. The summed E-state index contributed by atoms with van der Waals surface area (Å²) in [6.45, 7) is 0. The number of benzene rings is 1. The summed E-state index contributed by atoms with van der Waals surface area (Å²) < 4.78 is -0.434. The number of alkyl halides is 3. The van der Waals surface area contributed by atoms with Crippen LogP contribution in [0.4, 0.5) is 0 Å². The highest BCUT2D eigenvalue weighted by molar-refractivity contribution is 9.38. The first kappa shape index (κ1) is 10.6. The van der Waals surface area contributed by atoms with Crippen LogP contribution in [0.2, 0.25) is 0 Å². The fourth-order valence-electron chi connectivity index (χ4n) is 1.22. The molecule has 0 atom stereocenters. The van der Waals surface area contributed by atoms with Gasteiger partial charge in [0, 0.05) is 5.39 Å². The molecule has 0 aliphatic carbocycles. The van der Waals surface area contributed by atoms with Crippen LogP contribution in [0, 0.1) is 0 Å². The second-order valence-electron chi connectivity index (χ2n) is 2.89. The van der Waals surface area contributed by atoms with Gasteiger partial charge < -0.3 is 0 Å². The number of halogens is 3. The van der Waals surface area contributed by atoms with Crippen molar-refractivity contribution >= 4 is 58.7 Å². The van der Waals surface area contributed by atoms with Gasteiger partial charge in [-0.25, -0.2) is 4.98 Å². The van der Waals surface area contributed by atoms with Crippen molar-refractivity contribution in [3.8, 4) is 0 Å². The van der Waals surface area contributed by atoms with E-state index < -0.39 is 2.14 Å². The third kappa shape index (κ3) is 2.18. The standard InChI is InChI=1S/C10H6Br3N/c11-10(12,13)9-6-5-7-3-1-2-4-8(7)14-9/h1-6H/i1+2,2+2,3+2,4+2,7+2,8+2. The molecule has 14 heavy (non-hydrogen) atoms. The van der Waals surface area contributed by atoms with Crippen LogP contribution in [0.5, 0.6) is 0 Å². The van der Waals surface area contributed by atoms with Crippen LogP contribution in [-0.4, -0.2) is 4.98 Å². The van der Waals surface area contributed by atoms with Gasteiger partial charge in [0.25, 0.3) is 0 Å². The van der Waals surface area contributed by atoms with E-state index in [1.807, 2.05) is 30.3 Å². The van der Waals surface area contributed by atoms with Gasteiger partial charge in [-0.3, -0.25) is 0 Å². The Morgan fingerprint density at radius 1 is 1.21 bits per heavy atom. The Hall–Kier alpha value is 0.0700. The van der Waals surface area contributed by atoms with Gasteiger partial charge in [-0.2, -0.15) is 0 Å². The van der Waals surface area contributed by atoms with Gasteiger partial charge in [0.2, 0.25) is 0 Å². The Bertz CT molecular complexity index is 462. The number of para-hydroxylation sites is 1. The molecule has 0 saturated carbocycles. The Labute approximate surface area is 107 Å². The van der Waals surface area contributed by atoms with Crippen molar-refractivity contribution in [2.45, 2.75) is 2.14 Å². The third-order valence-electron chi connectivity index (χ3n) is 1.89. The van der Waals surface area contributed by atoms with E-state index in [1.54, 1.807) is 0 Å². The molecule has 0 aliphatic heterocycles. The van der Waals surface area contributed by atoms with Crippen molar-refractivity contribution in [1.29, 1.82) is 0 Å². The van der Waals surface area contributed by atoms with Gasteiger partial charge >= 0.3 is 0 Å². The Morgan fingerprint density at radius 3 is 2.64 bits per heavy atom. The van der Waals surface area contributed by atoms with E-state index in [0.717, 1.165) is 16.6 Å². The zero-order chi connectivity index (χ0) is 10.2. The lowest BCUT2D eigenvalue weighted by Gasteiger charge is -2.11. The first-order valence-corrected chi connectivity index (χ1v) is 6.38. The van der Waals surface area contributed by atoms with Crippen molar-refractivity contribution in [2.24, 2.45) is 0 Å². The average Bonchev–Trinajstić information content (AvgIpc) is 2.16. The van der Waals surface area contributed by atoms with Crippen molar-refractivity contribution in [1.82, 2.24) is 4.98 Å². The summed E-state index contributed by atoms with van der Waals surface area (Å²) in [6.07, 6.45) is 0. The molecule has 2 rings (SSSR count). The zero-order valence-electron chi connectivity index (χ0n) is 7.05. The molecular weight excluding hydrogens is 386 g/mol. The summed E-state index contributed by atoms with van der Waals surface area (Å²) >= 11 is 10.3. The maximum absolute atomic E-state index is 4.51. The molecule has 0 spiro atoms. The van der Waals surface area contributed by atoms with E-state index in [-0.39, 0.29) is 0 Å². The van der Waals surface area contributed by atoms with Gasteiger partial charge in [0.15, 0.2) is 2.14 Å². The highest BCUT2D eigenvalue weighted by atomic mass is 80.0. The fraction of sp³-hybridized carbons (Fsp3) is 0.100. The number of hydrogen-bond donors (Lipinski definition) is 0. The summed E-state index contributed by atoms with van der Waals surface area (Å²) in [5.74, 6) is 0. The molecule has 0 amide bonds. The second-order valence-corrected chi connectivity index (χ2v) is 9.65. The van der Waals surface area contributed by atoms with E-state index in [9.17, 15) is 0 Å². The molecule has 1 nitrogen and oxygen atoms in total. The molecule has 0 saturated heterocycles. The lowest BCUT2D eigenvalue weighted by molar-refractivity contribution is 1.20. The molecule has 0 fully saturated rings. The van der Waals surface area contributed by atoms with E-state index in [1.165, 1.54) is 0 Å². The van der Waals surface area contributed by atoms with Crippen molar-refractivity contribution < 1.29 is 0 Å². The number of hydrogen-bond acceptors (Lipinski definition) is 1. The lowest BCUT2D eigenvalue weighted by atomic mass is 10.5. The Morgan fingerprint density at radius 2 is 1.93 bits per heavy atom. The molecule has 0 unspecified atom stereocenters. The molecule has 0 aliphatic rings. The predicted molar refractivity (Wildman–Crippen MR) is 70.2 cm³/mol. The van der Waals surface area contributed by atoms with Crippen molar-refractivity contribution in [2.75, 3.05) is 0 Å². The first-order valence-electron chi connectivity index (χ1n) is 4.00. The molecule has 1 aromatic heterocycles. The number of fused-ring (bicyclic) bond motifs is 1. The highest BCUT2D eigenvalue weighted by Crippen LogP contribution is 2.43. The van der Waals surface area contributed by atoms with Crippen LogP contribution in [-0.2, 0) is 2.14 Å². The van der Waals surface area contributed by atoms with E-state index in [0.29, 0.717) is 0 Å². The van der Waals surface area contributed by atoms with Gasteiger partial charge in [-0.1, -0.05) is 72.1 Å². The summed E-state index contributed by atoms with van der Waals surface area (Å²) in [5.41, 5.74) is 1.89. The van der Waals surface area contributed by atoms with Crippen LogP contribution in [0.25, 0.3) is 10.9 Å². The normalized spacial score (nSPS) is 11.9. The Kier molecular flexibility index (Phi) is 2.96. The summed E-state index contributed by atoms with van der Waals surface area (Å²) in [5, 5.41) is 1.15. The quantitative estimate of drug-likeness (QED) is 0.601. The van der Waals surface area contributed by atoms with Crippen LogP contribution in [0.15, 0.2) is 36.4 Å². The molecule has 0 bridgehead atoms.